The lowest BCUT2D eigenvalue weighted by molar-refractivity contribution is 0.918. The molecule has 2 aromatic rings. The molecule has 2 aromatic heterocycles. The van der Waals surface area contributed by atoms with Crippen LogP contribution in [-0.4, -0.2) is 16.4 Å². The molecule has 0 saturated heterocycles. The van der Waals surface area contributed by atoms with Crippen molar-refractivity contribution in [2.75, 3.05) is 11.9 Å². The quantitative estimate of drug-likeness (QED) is 0.862. The standard InChI is InChI=1S/C12H14N4S2/c1-4-9-6-14-11(17-9)7-16(3)12-10(5-13)8(2)15-18-12/h6H,4,7H2,1-3H3. The zero-order valence-corrected chi connectivity index (χ0v) is 12.2. The van der Waals surface area contributed by atoms with E-state index in [1.807, 2.05) is 25.1 Å². The van der Waals surface area contributed by atoms with Crippen molar-refractivity contribution >= 4 is 27.9 Å². The van der Waals surface area contributed by atoms with Crippen LogP contribution in [0, 0.1) is 18.3 Å². The summed E-state index contributed by atoms with van der Waals surface area (Å²) in [5, 5.41) is 11.1. The molecule has 0 aliphatic heterocycles. The average molecular weight is 278 g/mol. The molecule has 6 heteroatoms. The second-order valence-corrected chi connectivity index (χ2v) is 5.94. The Bertz CT molecular complexity index is 579. The third-order valence-corrected chi connectivity index (χ3v) is 4.81. The van der Waals surface area contributed by atoms with Gasteiger partial charge in [-0.2, -0.15) is 9.64 Å². The monoisotopic (exact) mass is 278 g/mol. The minimum absolute atomic E-state index is 0.676. The van der Waals surface area contributed by atoms with Gasteiger partial charge in [0.25, 0.3) is 0 Å². The summed E-state index contributed by atoms with van der Waals surface area (Å²) >= 11 is 3.10. The molecule has 0 amide bonds. The van der Waals surface area contributed by atoms with Crippen molar-refractivity contribution < 1.29 is 0 Å². The molecule has 4 nitrogen and oxygen atoms in total. The lowest BCUT2D eigenvalue weighted by Crippen LogP contribution is -2.15. The van der Waals surface area contributed by atoms with Gasteiger partial charge < -0.3 is 4.90 Å². The average Bonchev–Trinajstić information content (AvgIpc) is 2.95. The van der Waals surface area contributed by atoms with Gasteiger partial charge in [-0.3, -0.25) is 0 Å². The fourth-order valence-electron chi connectivity index (χ4n) is 1.61. The van der Waals surface area contributed by atoms with Crippen molar-refractivity contribution in [2.45, 2.75) is 26.8 Å². The fourth-order valence-corrected chi connectivity index (χ4v) is 3.33. The number of hydrogen-bond donors (Lipinski definition) is 0. The van der Waals surface area contributed by atoms with Crippen LogP contribution in [0.25, 0.3) is 0 Å². The third-order valence-electron chi connectivity index (χ3n) is 2.63. The summed E-state index contributed by atoms with van der Waals surface area (Å²) in [6.45, 7) is 4.72. The summed E-state index contributed by atoms with van der Waals surface area (Å²) in [4.78, 5) is 7.73. The van der Waals surface area contributed by atoms with E-state index in [2.05, 4.69) is 22.4 Å². The Morgan fingerprint density at radius 2 is 2.28 bits per heavy atom. The molecule has 0 N–H and O–H groups in total. The normalized spacial score (nSPS) is 10.3. The van der Waals surface area contributed by atoms with Crippen LogP contribution in [0.3, 0.4) is 0 Å². The summed E-state index contributed by atoms with van der Waals surface area (Å²) in [5.41, 5.74) is 1.48. The smallest absolute Gasteiger partial charge is 0.130 e. The van der Waals surface area contributed by atoms with Crippen LogP contribution in [0.1, 0.15) is 28.1 Å². The molecule has 0 aliphatic rings. The number of thiazole rings is 1. The zero-order chi connectivity index (χ0) is 13.1. The van der Waals surface area contributed by atoms with Gasteiger partial charge in [-0.25, -0.2) is 4.98 Å². The molecular formula is C12H14N4S2. The summed E-state index contributed by atoms with van der Waals surface area (Å²) in [5.74, 6) is 0. The predicted octanol–water partition coefficient (Wildman–Crippen LogP) is 2.98. The first-order chi connectivity index (χ1) is 8.65. The summed E-state index contributed by atoms with van der Waals surface area (Å²) in [6.07, 6.45) is 2.95. The van der Waals surface area contributed by atoms with Crippen LogP contribution in [0.2, 0.25) is 0 Å². The van der Waals surface area contributed by atoms with Gasteiger partial charge in [0, 0.05) is 18.1 Å². The Labute approximate surface area is 115 Å². The van der Waals surface area contributed by atoms with Crippen LogP contribution in [0.5, 0.6) is 0 Å². The third kappa shape index (κ3) is 2.52. The van der Waals surface area contributed by atoms with Gasteiger partial charge in [-0.05, 0) is 24.9 Å². The topological polar surface area (TPSA) is 52.8 Å². The number of nitrogens with zero attached hydrogens (tertiary/aromatic N) is 4. The van der Waals surface area contributed by atoms with Gasteiger partial charge in [0.1, 0.15) is 21.6 Å². The minimum atomic E-state index is 0.676. The highest BCUT2D eigenvalue weighted by molar-refractivity contribution is 7.11. The highest BCUT2D eigenvalue weighted by Gasteiger charge is 2.15. The van der Waals surface area contributed by atoms with E-state index < -0.39 is 0 Å². The Kier molecular flexibility index (Phi) is 3.94. The molecule has 0 aromatic carbocycles. The number of nitriles is 1. The maximum Gasteiger partial charge on any atom is 0.130 e. The van der Waals surface area contributed by atoms with Gasteiger partial charge in [0.05, 0.1) is 12.2 Å². The molecule has 0 aliphatic carbocycles. The Balaban J connectivity index is 2.16. The van der Waals surface area contributed by atoms with E-state index in [0.717, 1.165) is 28.7 Å². The zero-order valence-electron chi connectivity index (χ0n) is 10.6. The van der Waals surface area contributed by atoms with Crippen LogP contribution >= 0.6 is 22.9 Å². The van der Waals surface area contributed by atoms with Gasteiger partial charge in [-0.1, -0.05) is 6.92 Å². The number of aromatic nitrogens is 2. The molecule has 0 spiro atoms. The Hall–Kier alpha value is -1.45. The number of hydrogen-bond acceptors (Lipinski definition) is 6. The molecule has 18 heavy (non-hydrogen) atoms. The maximum absolute atomic E-state index is 9.12. The van der Waals surface area contributed by atoms with E-state index in [1.54, 1.807) is 11.3 Å². The molecule has 0 atom stereocenters. The first-order valence-corrected chi connectivity index (χ1v) is 7.25. The van der Waals surface area contributed by atoms with E-state index in [1.165, 1.54) is 16.4 Å². The molecule has 0 unspecified atom stereocenters. The van der Waals surface area contributed by atoms with E-state index in [9.17, 15) is 0 Å². The fraction of sp³-hybridized carbons (Fsp3) is 0.417. The van der Waals surface area contributed by atoms with E-state index in [0.29, 0.717) is 5.56 Å². The predicted molar refractivity (Wildman–Crippen MR) is 75.2 cm³/mol. The molecule has 0 fully saturated rings. The lowest BCUT2D eigenvalue weighted by Gasteiger charge is -2.15. The van der Waals surface area contributed by atoms with Gasteiger partial charge >= 0.3 is 0 Å². The molecule has 0 radical (unpaired) electrons. The highest BCUT2D eigenvalue weighted by atomic mass is 32.1. The first kappa shape index (κ1) is 13.0. The van der Waals surface area contributed by atoms with Crippen LogP contribution in [0.15, 0.2) is 6.20 Å². The van der Waals surface area contributed by atoms with Crippen molar-refractivity contribution in [3.8, 4) is 6.07 Å². The maximum atomic E-state index is 9.12. The molecule has 2 rings (SSSR count). The second kappa shape index (κ2) is 5.46. The molecule has 2 heterocycles. The van der Waals surface area contributed by atoms with E-state index in [-0.39, 0.29) is 0 Å². The van der Waals surface area contributed by atoms with Crippen molar-refractivity contribution in [1.29, 1.82) is 5.26 Å². The Morgan fingerprint density at radius 1 is 1.50 bits per heavy atom. The van der Waals surface area contributed by atoms with Gasteiger partial charge in [0.15, 0.2) is 0 Å². The Morgan fingerprint density at radius 3 is 2.89 bits per heavy atom. The van der Waals surface area contributed by atoms with Crippen LogP contribution in [-0.2, 0) is 13.0 Å². The van der Waals surface area contributed by atoms with Crippen LogP contribution < -0.4 is 4.90 Å². The van der Waals surface area contributed by atoms with Crippen molar-refractivity contribution in [2.24, 2.45) is 0 Å². The van der Waals surface area contributed by atoms with Gasteiger partial charge in [-0.15, -0.1) is 11.3 Å². The molecule has 0 bridgehead atoms. The molecular weight excluding hydrogens is 264 g/mol. The SMILES string of the molecule is CCc1cnc(CN(C)c2snc(C)c2C#N)s1. The van der Waals surface area contributed by atoms with E-state index >= 15 is 0 Å². The highest BCUT2D eigenvalue weighted by Crippen LogP contribution is 2.28. The number of rotatable bonds is 4. The summed E-state index contributed by atoms with van der Waals surface area (Å²) in [6, 6.07) is 2.22. The molecule has 0 saturated carbocycles. The van der Waals surface area contributed by atoms with Crippen molar-refractivity contribution in [3.63, 3.8) is 0 Å². The minimum Gasteiger partial charge on any atom is -0.357 e. The number of anilines is 1. The first-order valence-electron chi connectivity index (χ1n) is 5.66. The van der Waals surface area contributed by atoms with Crippen molar-refractivity contribution in [1.82, 2.24) is 9.36 Å². The van der Waals surface area contributed by atoms with E-state index in [4.69, 9.17) is 5.26 Å². The second-order valence-electron chi connectivity index (χ2n) is 3.99. The number of aryl methyl sites for hydroxylation is 2. The van der Waals surface area contributed by atoms with Crippen LogP contribution in [0.4, 0.5) is 5.00 Å². The lowest BCUT2D eigenvalue weighted by atomic mass is 10.2. The summed E-state index contributed by atoms with van der Waals surface area (Å²) < 4.78 is 4.23. The molecule has 94 valence electrons. The van der Waals surface area contributed by atoms with Crippen molar-refractivity contribution in [3.05, 3.63) is 27.3 Å². The summed E-state index contributed by atoms with van der Waals surface area (Å²) in [7, 11) is 1.97. The van der Waals surface area contributed by atoms with Gasteiger partial charge in [0.2, 0.25) is 0 Å². The largest absolute Gasteiger partial charge is 0.357 e.